The van der Waals surface area contributed by atoms with Gasteiger partial charge in [0.15, 0.2) is 11.7 Å². The molecule has 0 aliphatic carbocycles. The maximum Gasteiger partial charge on any atom is 0.264 e. The zero-order valence-electron chi connectivity index (χ0n) is 14.0. The Morgan fingerprint density at radius 3 is 2.77 bits per heavy atom. The van der Waals surface area contributed by atoms with E-state index in [-0.39, 0.29) is 12.5 Å². The van der Waals surface area contributed by atoms with Crippen molar-refractivity contribution in [3.8, 4) is 5.75 Å². The molecule has 0 aliphatic rings. The van der Waals surface area contributed by atoms with E-state index in [2.05, 4.69) is 26.2 Å². The molecule has 0 unspecified atom stereocenters. The summed E-state index contributed by atoms with van der Waals surface area (Å²) >= 11 is 10.9. The van der Waals surface area contributed by atoms with Gasteiger partial charge in [0.1, 0.15) is 5.75 Å². The van der Waals surface area contributed by atoms with E-state index in [0.717, 1.165) is 20.5 Å². The van der Waals surface area contributed by atoms with Gasteiger partial charge < -0.3 is 4.74 Å². The molecule has 0 radical (unpaired) electrons. The van der Waals surface area contributed by atoms with Crippen molar-refractivity contribution in [1.82, 2.24) is 4.98 Å². The van der Waals surface area contributed by atoms with Gasteiger partial charge in [-0.1, -0.05) is 35.4 Å². The molecule has 2 aromatic carbocycles. The third kappa shape index (κ3) is 5.30. The fraction of sp³-hybridized carbons (Fsp3) is 0.158. The highest BCUT2D eigenvalue weighted by Gasteiger charge is 2.09. The minimum Gasteiger partial charge on any atom is -0.484 e. The van der Waals surface area contributed by atoms with Gasteiger partial charge in [-0.3, -0.25) is 10.1 Å². The third-order valence-electron chi connectivity index (χ3n) is 3.55. The summed E-state index contributed by atoms with van der Waals surface area (Å²) in [4.78, 5) is 17.3. The number of benzene rings is 2. The monoisotopic (exact) mass is 450 g/mol. The van der Waals surface area contributed by atoms with Gasteiger partial charge in [-0.25, -0.2) is 4.98 Å². The van der Waals surface area contributed by atoms with Crippen LogP contribution in [0, 0.1) is 6.92 Å². The molecule has 1 N–H and O–H groups in total. The van der Waals surface area contributed by atoms with E-state index in [1.165, 1.54) is 11.3 Å². The van der Waals surface area contributed by atoms with E-state index in [1.807, 2.05) is 49.4 Å². The molecule has 0 fully saturated rings. The molecule has 1 amide bonds. The van der Waals surface area contributed by atoms with Gasteiger partial charge >= 0.3 is 0 Å². The maximum absolute atomic E-state index is 12.0. The Kier molecular flexibility index (Phi) is 6.29. The van der Waals surface area contributed by atoms with E-state index < -0.39 is 0 Å². The summed E-state index contributed by atoms with van der Waals surface area (Å²) < 4.78 is 6.34. The molecule has 0 spiro atoms. The fourth-order valence-electron chi connectivity index (χ4n) is 2.24. The van der Waals surface area contributed by atoms with Crippen LogP contribution in [0.4, 0.5) is 5.13 Å². The van der Waals surface area contributed by atoms with Crippen LogP contribution < -0.4 is 10.1 Å². The fourth-order valence-corrected chi connectivity index (χ4v) is 3.55. The predicted molar refractivity (Wildman–Crippen MR) is 109 cm³/mol. The Labute approximate surface area is 169 Å². The van der Waals surface area contributed by atoms with Crippen LogP contribution in [0.1, 0.15) is 16.0 Å². The lowest BCUT2D eigenvalue weighted by Crippen LogP contribution is -2.19. The number of ether oxygens (including phenoxy) is 1. The van der Waals surface area contributed by atoms with Gasteiger partial charge in [-0.2, -0.15) is 0 Å². The summed E-state index contributed by atoms with van der Waals surface area (Å²) in [5.74, 6) is 0.427. The number of halogens is 2. The largest absolute Gasteiger partial charge is 0.484 e. The number of aromatic nitrogens is 1. The summed E-state index contributed by atoms with van der Waals surface area (Å²) in [6, 6.07) is 13.4. The second-order valence-corrected chi connectivity index (χ2v) is 8.08. The number of rotatable bonds is 6. The SMILES string of the molecule is Cc1ccc(OCC(=O)Nc2ncc(Cc3ccc(Br)c(Cl)c3)s2)cc1. The molecule has 0 aliphatic heterocycles. The number of nitrogens with zero attached hydrogens (tertiary/aromatic N) is 1. The normalized spacial score (nSPS) is 10.6. The quantitative estimate of drug-likeness (QED) is 0.540. The molecule has 1 heterocycles. The molecular weight excluding hydrogens is 436 g/mol. The van der Waals surface area contributed by atoms with Crippen molar-refractivity contribution in [3.63, 3.8) is 0 Å². The number of nitrogens with one attached hydrogen (secondary N) is 1. The Balaban J connectivity index is 1.53. The van der Waals surface area contributed by atoms with E-state index >= 15 is 0 Å². The number of amides is 1. The van der Waals surface area contributed by atoms with Crippen LogP contribution in [0.3, 0.4) is 0 Å². The maximum atomic E-state index is 12.0. The van der Waals surface area contributed by atoms with Crippen molar-refractivity contribution in [2.75, 3.05) is 11.9 Å². The number of anilines is 1. The first-order valence-corrected chi connectivity index (χ1v) is 9.86. The molecule has 0 bridgehead atoms. The van der Waals surface area contributed by atoms with Gasteiger partial charge in [0.25, 0.3) is 5.91 Å². The first kappa shape index (κ1) is 18.9. The van der Waals surface area contributed by atoms with Crippen LogP contribution in [0.5, 0.6) is 5.75 Å². The molecule has 134 valence electrons. The average molecular weight is 452 g/mol. The summed E-state index contributed by atoms with van der Waals surface area (Å²) in [5.41, 5.74) is 2.23. The molecule has 26 heavy (non-hydrogen) atoms. The summed E-state index contributed by atoms with van der Waals surface area (Å²) in [7, 11) is 0. The van der Waals surface area contributed by atoms with Gasteiger partial charge in [0, 0.05) is 22.0 Å². The van der Waals surface area contributed by atoms with Crippen LogP contribution >= 0.6 is 38.9 Å². The first-order valence-electron chi connectivity index (χ1n) is 7.87. The van der Waals surface area contributed by atoms with Crippen molar-refractivity contribution in [3.05, 3.63) is 74.2 Å². The number of thiazole rings is 1. The Bertz CT molecular complexity index is 912. The summed E-state index contributed by atoms with van der Waals surface area (Å²) in [6.45, 7) is 1.94. The second kappa shape index (κ2) is 8.66. The molecule has 3 rings (SSSR count). The third-order valence-corrected chi connectivity index (χ3v) is 5.70. The Morgan fingerprint density at radius 1 is 1.27 bits per heavy atom. The van der Waals surface area contributed by atoms with E-state index in [4.69, 9.17) is 16.3 Å². The van der Waals surface area contributed by atoms with Gasteiger partial charge in [0.05, 0.1) is 5.02 Å². The van der Waals surface area contributed by atoms with Crippen molar-refractivity contribution in [2.45, 2.75) is 13.3 Å². The van der Waals surface area contributed by atoms with Gasteiger partial charge in [-0.15, -0.1) is 11.3 Å². The minimum atomic E-state index is -0.238. The van der Waals surface area contributed by atoms with Gasteiger partial charge in [0.2, 0.25) is 0 Å². The van der Waals surface area contributed by atoms with Crippen molar-refractivity contribution < 1.29 is 9.53 Å². The lowest BCUT2D eigenvalue weighted by atomic mass is 10.1. The lowest BCUT2D eigenvalue weighted by molar-refractivity contribution is -0.118. The first-order chi connectivity index (χ1) is 12.5. The lowest BCUT2D eigenvalue weighted by Gasteiger charge is -2.05. The van der Waals surface area contributed by atoms with Crippen LogP contribution in [-0.4, -0.2) is 17.5 Å². The molecule has 3 aromatic rings. The second-order valence-electron chi connectivity index (χ2n) is 5.71. The van der Waals surface area contributed by atoms with Crippen LogP contribution in [0.25, 0.3) is 0 Å². The molecule has 1 aromatic heterocycles. The van der Waals surface area contributed by atoms with Crippen molar-refractivity contribution in [1.29, 1.82) is 0 Å². The smallest absolute Gasteiger partial charge is 0.264 e. The zero-order chi connectivity index (χ0) is 18.5. The van der Waals surface area contributed by atoms with Crippen molar-refractivity contribution >= 4 is 49.9 Å². The number of carbonyl (C=O) groups excluding carboxylic acids is 1. The summed E-state index contributed by atoms with van der Waals surface area (Å²) in [5, 5.41) is 3.99. The molecule has 0 atom stereocenters. The molecule has 0 saturated heterocycles. The van der Waals surface area contributed by atoms with E-state index in [0.29, 0.717) is 22.3 Å². The van der Waals surface area contributed by atoms with E-state index in [1.54, 1.807) is 6.20 Å². The van der Waals surface area contributed by atoms with Crippen LogP contribution in [0.2, 0.25) is 5.02 Å². The predicted octanol–water partition coefficient (Wildman–Crippen LogP) is 5.48. The van der Waals surface area contributed by atoms with Crippen LogP contribution in [0.15, 0.2) is 53.1 Å². The molecule has 0 saturated carbocycles. The van der Waals surface area contributed by atoms with Crippen molar-refractivity contribution in [2.24, 2.45) is 0 Å². The molecule has 4 nitrogen and oxygen atoms in total. The molecular formula is C19H16BrClN2O2S. The van der Waals surface area contributed by atoms with Gasteiger partial charge in [-0.05, 0) is 52.7 Å². The van der Waals surface area contributed by atoms with E-state index in [9.17, 15) is 4.79 Å². The summed E-state index contributed by atoms with van der Waals surface area (Å²) in [6.07, 6.45) is 2.47. The average Bonchev–Trinajstić information content (AvgIpc) is 3.04. The number of hydrogen-bond acceptors (Lipinski definition) is 4. The number of hydrogen-bond donors (Lipinski definition) is 1. The highest BCUT2D eigenvalue weighted by atomic mass is 79.9. The number of carbonyl (C=O) groups is 1. The highest BCUT2D eigenvalue weighted by molar-refractivity contribution is 9.10. The minimum absolute atomic E-state index is 0.0553. The number of aryl methyl sites for hydroxylation is 1. The standard InChI is InChI=1S/C19H16BrClN2O2S/c1-12-2-5-14(6-3-12)25-11-18(24)23-19-22-10-15(26-19)8-13-4-7-16(20)17(21)9-13/h2-7,9-10H,8,11H2,1H3,(H,22,23,24). The highest BCUT2D eigenvalue weighted by Crippen LogP contribution is 2.26. The molecule has 7 heteroatoms. The Morgan fingerprint density at radius 2 is 2.04 bits per heavy atom. The zero-order valence-corrected chi connectivity index (χ0v) is 17.1. The Hall–Kier alpha value is -1.89. The topological polar surface area (TPSA) is 51.2 Å². The van der Waals surface area contributed by atoms with Crippen LogP contribution in [-0.2, 0) is 11.2 Å².